The van der Waals surface area contributed by atoms with Gasteiger partial charge < -0.3 is 5.73 Å². The summed E-state index contributed by atoms with van der Waals surface area (Å²) in [7, 11) is 0. The lowest BCUT2D eigenvalue weighted by molar-refractivity contribution is 1.62. The van der Waals surface area contributed by atoms with E-state index >= 15 is 0 Å². The van der Waals surface area contributed by atoms with Crippen LogP contribution in [0.4, 0.5) is 5.69 Å². The van der Waals surface area contributed by atoms with Crippen LogP contribution in [0.1, 0.15) is 0 Å². The molecular formula is C46H29N. The van der Waals surface area contributed by atoms with Crippen molar-refractivity contribution in [1.29, 1.82) is 0 Å². The highest BCUT2D eigenvalue weighted by molar-refractivity contribution is 6.29. The van der Waals surface area contributed by atoms with Gasteiger partial charge in [0, 0.05) is 5.69 Å². The summed E-state index contributed by atoms with van der Waals surface area (Å²) in [5.74, 6) is 0. The molecule has 0 bridgehead atoms. The fraction of sp³-hybridized carbons (Fsp3) is 0. The molecule has 0 aromatic heterocycles. The van der Waals surface area contributed by atoms with Crippen molar-refractivity contribution in [2.24, 2.45) is 0 Å². The van der Waals surface area contributed by atoms with Gasteiger partial charge in [-0.05, 0) is 117 Å². The first-order valence-electron chi connectivity index (χ1n) is 16.2. The predicted molar refractivity (Wildman–Crippen MR) is 202 cm³/mol. The molecule has 47 heavy (non-hydrogen) atoms. The topological polar surface area (TPSA) is 26.0 Å². The highest BCUT2D eigenvalue weighted by Crippen LogP contribution is 2.58. The maximum absolute atomic E-state index is 6.10. The van der Waals surface area contributed by atoms with Gasteiger partial charge in [-0.2, -0.15) is 0 Å². The van der Waals surface area contributed by atoms with E-state index in [1.165, 1.54) is 98.7 Å². The van der Waals surface area contributed by atoms with Crippen LogP contribution >= 0.6 is 0 Å². The summed E-state index contributed by atoms with van der Waals surface area (Å²) in [5, 5.41) is 10.1. The zero-order valence-corrected chi connectivity index (χ0v) is 25.7. The zero-order chi connectivity index (χ0) is 31.1. The Balaban J connectivity index is 1.29. The van der Waals surface area contributed by atoms with Crippen molar-refractivity contribution in [2.75, 3.05) is 5.73 Å². The number of nitrogens with two attached hydrogens (primary N) is 1. The first kappa shape index (κ1) is 26.1. The van der Waals surface area contributed by atoms with E-state index in [0.29, 0.717) is 0 Å². The minimum atomic E-state index is 0.793. The van der Waals surface area contributed by atoms with Gasteiger partial charge in [0.1, 0.15) is 0 Å². The third-order valence-corrected chi connectivity index (χ3v) is 10.1. The quantitative estimate of drug-likeness (QED) is 0.160. The van der Waals surface area contributed by atoms with Gasteiger partial charge in [-0.25, -0.2) is 0 Å². The molecule has 0 radical (unpaired) electrons. The number of benzene rings is 9. The summed E-state index contributed by atoms with van der Waals surface area (Å²) >= 11 is 0. The van der Waals surface area contributed by atoms with E-state index in [4.69, 9.17) is 5.73 Å². The SMILES string of the molecule is Nc1ccc2c(ccc3cc(-c4ccc5c6c(cccc46)-c4c-5c(-c5ccccc5)c5ccccc5c4-c4ccccc4)ccc32)c1. The molecule has 0 spiro atoms. The van der Waals surface area contributed by atoms with Gasteiger partial charge in [-0.15, -0.1) is 0 Å². The zero-order valence-electron chi connectivity index (χ0n) is 25.7. The van der Waals surface area contributed by atoms with Gasteiger partial charge in [0.15, 0.2) is 0 Å². The molecule has 9 aromatic rings. The molecule has 1 aliphatic rings. The minimum absolute atomic E-state index is 0.793. The molecule has 0 amide bonds. The van der Waals surface area contributed by atoms with E-state index in [1.807, 2.05) is 6.07 Å². The second-order valence-corrected chi connectivity index (χ2v) is 12.6. The number of rotatable bonds is 3. The van der Waals surface area contributed by atoms with E-state index in [-0.39, 0.29) is 0 Å². The van der Waals surface area contributed by atoms with E-state index in [9.17, 15) is 0 Å². The minimum Gasteiger partial charge on any atom is -0.399 e. The Labute approximate surface area is 273 Å². The third-order valence-electron chi connectivity index (χ3n) is 10.1. The maximum Gasteiger partial charge on any atom is 0.0320 e. The highest BCUT2D eigenvalue weighted by Gasteiger charge is 2.31. The van der Waals surface area contributed by atoms with Crippen LogP contribution in [0.15, 0.2) is 164 Å². The molecular weight excluding hydrogens is 567 g/mol. The van der Waals surface area contributed by atoms with Gasteiger partial charge in [0.25, 0.3) is 0 Å². The van der Waals surface area contributed by atoms with E-state index in [2.05, 4.69) is 158 Å². The van der Waals surface area contributed by atoms with Crippen LogP contribution in [-0.2, 0) is 0 Å². The number of hydrogen-bond donors (Lipinski definition) is 1. The lowest BCUT2D eigenvalue weighted by Crippen LogP contribution is -1.93. The molecule has 1 aliphatic carbocycles. The third kappa shape index (κ3) is 3.78. The molecule has 0 fully saturated rings. The summed E-state index contributed by atoms with van der Waals surface area (Å²) in [6.45, 7) is 0. The van der Waals surface area contributed by atoms with Crippen LogP contribution < -0.4 is 5.73 Å². The van der Waals surface area contributed by atoms with E-state index in [1.54, 1.807) is 0 Å². The fourth-order valence-electron chi connectivity index (χ4n) is 8.12. The molecule has 1 nitrogen and oxygen atoms in total. The summed E-state index contributed by atoms with van der Waals surface area (Å²) < 4.78 is 0. The molecule has 0 unspecified atom stereocenters. The first-order chi connectivity index (χ1) is 23.2. The van der Waals surface area contributed by atoms with Gasteiger partial charge in [-0.3, -0.25) is 0 Å². The van der Waals surface area contributed by atoms with E-state index in [0.717, 1.165) is 5.69 Å². The van der Waals surface area contributed by atoms with Crippen molar-refractivity contribution in [2.45, 2.75) is 0 Å². The second-order valence-electron chi connectivity index (χ2n) is 12.6. The van der Waals surface area contributed by atoms with Crippen LogP contribution in [0.2, 0.25) is 0 Å². The van der Waals surface area contributed by atoms with Crippen LogP contribution in [0, 0.1) is 0 Å². The molecule has 0 heterocycles. The monoisotopic (exact) mass is 595 g/mol. The fourth-order valence-corrected chi connectivity index (χ4v) is 8.12. The van der Waals surface area contributed by atoms with Crippen LogP contribution in [0.5, 0.6) is 0 Å². The maximum atomic E-state index is 6.10. The Kier molecular flexibility index (Phi) is 5.50. The van der Waals surface area contributed by atoms with Crippen molar-refractivity contribution < 1.29 is 0 Å². The van der Waals surface area contributed by atoms with Gasteiger partial charge in [-0.1, -0.05) is 146 Å². The van der Waals surface area contributed by atoms with E-state index < -0.39 is 0 Å². The lowest BCUT2D eigenvalue weighted by atomic mass is 9.82. The van der Waals surface area contributed by atoms with Crippen molar-refractivity contribution in [1.82, 2.24) is 0 Å². The normalized spacial score (nSPS) is 11.9. The Bertz CT molecular complexity index is 2630. The molecule has 0 saturated heterocycles. The van der Waals surface area contributed by atoms with Gasteiger partial charge in [0.2, 0.25) is 0 Å². The van der Waals surface area contributed by atoms with Crippen molar-refractivity contribution in [3.05, 3.63) is 164 Å². The number of nitrogen functional groups attached to an aromatic ring is 1. The number of fused-ring (bicyclic) bond motifs is 7. The molecule has 2 N–H and O–H groups in total. The molecule has 10 rings (SSSR count). The van der Waals surface area contributed by atoms with Crippen LogP contribution in [0.3, 0.4) is 0 Å². The van der Waals surface area contributed by atoms with Crippen molar-refractivity contribution in [3.8, 4) is 55.6 Å². The Morgan fingerprint density at radius 3 is 1.49 bits per heavy atom. The average molecular weight is 596 g/mol. The van der Waals surface area contributed by atoms with Gasteiger partial charge in [0.05, 0.1) is 0 Å². The number of hydrogen-bond acceptors (Lipinski definition) is 1. The van der Waals surface area contributed by atoms with Gasteiger partial charge >= 0.3 is 0 Å². The molecule has 1 heteroatoms. The summed E-state index contributed by atoms with van der Waals surface area (Å²) in [6.07, 6.45) is 0. The van der Waals surface area contributed by atoms with Crippen LogP contribution in [0.25, 0.3) is 98.7 Å². The lowest BCUT2D eigenvalue weighted by Gasteiger charge is -2.20. The van der Waals surface area contributed by atoms with Crippen LogP contribution in [-0.4, -0.2) is 0 Å². The first-order valence-corrected chi connectivity index (χ1v) is 16.2. The van der Waals surface area contributed by atoms with Crippen molar-refractivity contribution >= 4 is 48.8 Å². The average Bonchev–Trinajstić information content (AvgIpc) is 3.46. The summed E-state index contributed by atoms with van der Waals surface area (Å²) in [4.78, 5) is 0. The summed E-state index contributed by atoms with van der Waals surface area (Å²) in [6, 6.07) is 59.9. The highest BCUT2D eigenvalue weighted by atomic mass is 14.5. The van der Waals surface area contributed by atoms with Crippen molar-refractivity contribution in [3.63, 3.8) is 0 Å². The largest absolute Gasteiger partial charge is 0.399 e. The Morgan fingerprint density at radius 2 is 0.830 bits per heavy atom. The Hall–Kier alpha value is -6.18. The molecule has 218 valence electrons. The molecule has 0 aliphatic heterocycles. The second kappa shape index (κ2) is 9.91. The molecule has 9 aromatic carbocycles. The standard InChI is InChI=1S/C46H29N/c47-33-21-23-35-32(27-33)19-18-30-26-31(20-22-34(30)35)36-24-25-41-44-37(36)16-9-17-40(44)45-42(28-10-3-1-4-11-28)38-14-7-8-15-39(38)43(46(41)45)29-12-5-2-6-13-29/h1-27H,47H2. The summed E-state index contributed by atoms with van der Waals surface area (Å²) in [5.41, 5.74) is 19.7. The molecule has 0 saturated carbocycles. The number of anilines is 1. The molecule has 0 atom stereocenters. The smallest absolute Gasteiger partial charge is 0.0320 e. The Morgan fingerprint density at radius 1 is 0.298 bits per heavy atom. The predicted octanol–water partition coefficient (Wildman–Crippen LogP) is 12.5.